The zero-order chi connectivity index (χ0) is 21.0. The quantitative estimate of drug-likeness (QED) is 0.676. The fourth-order valence-electron chi connectivity index (χ4n) is 2.37. The average molecular weight is 397 g/mol. The number of amides is 1. The van der Waals surface area contributed by atoms with Gasteiger partial charge in [0.15, 0.2) is 0 Å². The molecule has 2 atom stereocenters. The fraction of sp³-hybridized carbons (Fsp3) is 0.667. The van der Waals surface area contributed by atoms with E-state index in [1.165, 1.54) is 0 Å². The van der Waals surface area contributed by atoms with Crippen molar-refractivity contribution in [2.24, 2.45) is 0 Å². The predicted molar refractivity (Wildman–Crippen MR) is 113 cm³/mol. The van der Waals surface area contributed by atoms with Crippen molar-refractivity contribution in [1.82, 2.24) is 9.62 Å². The van der Waals surface area contributed by atoms with Gasteiger partial charge in [0.25, 0.3) is 0 Å². The second-order valence-electron chi connectivity index (χ2n) is 9.33. The SMILES string of the molecule is CCC(C)(C)N(C(=O)OC(C)(C)C)C(NS(=O)C(C)(C)C)c1ccccc1. The smallest absolute Gasteiger partial charge is 0.412 e. The van der Waals surface area contributed by atoms with Crippen LogP contribution in [0.2, 0.25) is 0 Å². The third kappa shape index (κ3) is 6.92. The molecule has 27 heavy (non-hydrogen) atoms. The van der Waals surface area contributed by atoms with Gasteiger partial charge >= 0.3 is 6.09 Å². The lowest BCUT2D eigenvalue weighted by Gasteiger charge is -2.44. The average Bonchev–Trinajstić information content (AvgIpc) is 2.52. The topological polar surface area (TPSA) is 58.6 Å². The van der Waals surface area contributed by atoms with Crippen LogP contribution in [0.3, 0.4) is 0 Å². The standard InChI is InChI=1S/C21H36N2O3S/c1-10-21(8,9)23(18(24)26-19(2,3)4)17(16-14-12-11-13-15-16)22-27(25)20(5,6)7/h11-15,17,22H,10H2,1-9H3. The Morgan fingerprint density at radius 2 is 1.59 bits per heavy atom. The van der Waals surface area contributed by atoms with Crippen LogP contribution in [0, 0.1) is 0 Å². The van der Waals surface area contributed by atoms with Crippen molar-refractivity contribution in [3.8, 4) is 0 Å². The number of carbonyl (C=O) groups excluding carboxylic acids is 1. The highest BCUT2D eigenvalue weighted by molar-refractivity contribution is 7.84. The van der Waals surface area contributed by atoms with Gasteiger partial charge in [0.1, 0.15) is 11.8 Å². The maximum absolute atomic E-state index is 13.2. The molecule has 1 aromatic carbocycles. The minimum atomic E-state index is -1.36. The first-order valence-electron chi connectivity index (χ1n) is 9.44. The van der Waals surface area contributed by atoms with Crippen LogP contribution in [0.4, 0.5) is 4.79 Å². The van der Waals surface area contributed by atoms with Crippen LogP contribution in [-0.4, -0.2) is 31.1 Å². The van der Waals surface area contributed by atoms with E-state index < -0.39 is 39.1 Å². The summed E-state index contributed by atoms with van der Waals surface area (Å²) >= 11 is 0. The van der Waals surface area contributed by atoms with Crippen molar-refractivity contribution in [1.29, 1.82) is 0 Å². The largest absolute Gasteiger partial charge is 0.444 e. The van der Waals surface area contributed by atoms with Gasteiger partial charge in [0.05, 0.1) is 15.7 Å². The lowest BCUT2D eigenvalue weighted by molar-refractivity contribution is -0.0144. The molecule has 2 unspecified atom stereocenters. The molecule has 1 amide bonds. The summed E-state index contributed by atoms with van der Waals surface area (Å²) in [4.78, 5) is 14.9. The van der Waals surface area contributed by atoms with Crippen molar-refractivity contribution in [3.05, 3.63) is 35.9 Å². The molecule has 0 radical (unpaired) electrons. The molecule has 0 fully saturated rings. The molecule has 0 bridgehead atoms. The van der Waals surface area contributed by atoms with Gasteiger partial charge in [-0.15, -0.1) is 0 Å². The molecule has 0 heterocycles. The van der Waals surface area contributed by atoms with Crippen LogP contribution in [0.15, 0.2) is 30.3 Å². The Bertz CT molecular complexity index is 646. The summed E-state index contributed by atoms with van der Waals surface area (Å²) in [6.07, 6.45) is -0.281. The number of nitrogens with zero attached hydrogens (tertiary/aromatic N) is 1. The molecule has 0 aliphatic carbocycles. The summed E-state index contributed by atoms with van der Waals surface area (Å²) in [7, 11) is -1.36. The Labute approximate surface area is 167 Å². The first-order valence-corrected chi connectivity index (χ1v) is 10.6. The molecule has 0 saturated carbocycles. The fourth-order valence-corrected chi connectivity index (χ4v) is 3.16. The van der Waals surface area contributed by atoms with E-state index in [-0.39, 0.29) is 0 Å². The van der Waals surface area contributed by atoms with Crippen molar-refractivity contribution in [3.63, 3.8) is 0 Å². The van der Waals surface area contributed by atoms with Gasteiger partial charge in [-0.3, -0.25) is 4.90 Å². The van der Waals surface area contributed by atoms with Crippen molar-refractivity contribution in [2.75, 3.05) is 0 Å². The molecule has 1 aromatic rings. The minimum Gasteiger partial charge on any atom is -0.444 e. The number of nitrogens with one attached hydrogen (secondary N) is 1. The molecule has 1 N–H and O–H groups in total. The summed E-state index contributed by atoms with van der Waals surface area (Å²) < 4.78 is 21.3. The van der Waals surface area contributed by atoms with Crippen molar-refractivity contribution >= 4 is 17.1 Å². The van der Waals surface area contributed by atoms with E-state index >= 15 is 0 Å². The number of hydrogen-bond donors (Lipinski definition) is 1. The molecule has 154 valence electrons. The summed E-state index contributed by atoms with van der Waals surface area (Å²) in [6.45, 7) is 17.3. The van der Waals surface area contributed by atoms with Crippen LogP contribution in [-0.2, 0) is 15.7 Å². The zero-order valence-electron chi connectivity index (χ0n) is 18.3. The van der Waals surface area contributed by atoms with Crippen molar-refractivity contribution < 1.29 is 13.7 Å². The summed E-state index contributed by atoms with van der Waals surface area (Å²) in [5.41, 5.74) is -0.260. The highest BCUT2D eigenvalue weighted by Crippen LogP contribution is 2.32. The van der Waals surface area contributed by atoms with Gasteiger partial charge in [0, 0.05) is 5.54 Å². The second kappa shape index (κ2) is 8.74. The Kier molecular flexibility index (Phi) is 7.65. The number of benzene rings is 1. The molecule has 6 heteroatoms. The van der Waals surface area contributed by atoms with E-state index in [0.29, 0.717) is 0 Å². The van der Waals surface area contributed by atoms with E-state index in [4.69, 9.17) is 4.74 Å². The van der Waals surface area contributed by atoms with E-state index in [2.05, 4.69) is 4.72 Å². The molecule has 0 saturated heterocycles. The monoisotopic (exact) mass is 396 g/mol. The van der Waals surface area contributed by atoms with E-state index in [0.717, 1.165) is 12.0 Å². The maximum Gasteiger partial charge on any atom is 0.412 e. The second-order valence-corrected chi connectivity index (χ2v) is 11.3. The van der Waals surface area contributed by atoms with Gasteiger partial charge in [-0.2, -0.15) is 0 Å². The first-order chi connectivity index (χ1) is 12.2. The first kappa shape index (κ1) is 23.6. The van der Waals surface area contributed by atoms with E-state index in [1.807, 2.05) is 92.6 Å². The lowest BCUT2D eigenvalue weighted by Crippen LogP contribution is -2.55. The zero-order valence-corrected chi connectivity index (χ0v) is 19.1. The molecule has 1 rings (SSSR count). The summed E-state index contributed by atoms with van der Waals surface area (Å²) in [6, 6.07) is 9.61. The van der Waals surface area contributed by atoms with Crippen LogP contribution >= 0.6 is 0 Å². The Morgan fingerprint density at radius 1 is 1.07 bits per heavy atom. The van der Waals surface area contributed by atoms with E-state index in [1.54, 1.807) is 4.90 Å². The lowest BCUT2D eigenvalue weighted by atomic mass is 9.97. The van der Waals surface area contributed by atoms with Gasteiger partial charge in [-0.05, 0) is 67.4 Å². The number of ether oxygens (including phenoxy) is 1. The van der Waals surface area contributed by atoms with Crippen LogP contribution in [0.25, 0.3) is 0 Å². The predicted octanol–water partition coefficient (Wildman–Crippen LogP) is 5.16. The third-order valence-electron chi connectivity index (χ3n) is 4.26. The summed E-state index contributed by atoms with van der Waals surface area (Å²) in [5.74, 6) is 0. The van der Waals surface area contributed by atoms with Crippen LogP contribution < -0.4 is 4.72 Å². The van der Waals surface area contributed by atoms with Crippen molar-refractivity contribution in [2.45, 2.75) is 90.8 Å². The number of carbonyl (C=O) groups is 1. The molecular formula is C21H36N2O3S. The van der Waals surface area contributed by atoms with E-state index in [9.17, 15) is 9.00 Å². The van der Waals surface area contributed by atoms with Gasteiger partial charge < -0.3 is 4.74 Å². The molecule has 5 nitrogen and oxygen atoms in total. The number of hydrogen-bond acceptors (Lipinski definition) is 3. The van der Waals surface area contributed by atoms with Crippen LogP contribution in [0.5, 0.6) is 0 Å². The Hall–Kier alpha value is -1.40. The van der Waals surface area contributed by atoms with Gasteiger partial charge in [0.2, 0.25) is 0 Å². The normalized spacial score (nSPS) is 15.1. The number of rotatable bonds is 6. The highest BCUT2D eigenvalue weighted by Gasteiger charge is 2.40. The third-order valence-corrected chi connectivity index (χ3v) is 5.81. The Morgan fingerprint density at radius 3 is 2.00 bits per heavy atom. The highest BCUT2D eigenvalue weighted by atomic mass is 32.2. The van der Waals surface area contributed by atoms with Gasteiger partial charge in [-0.25, -0.2) is 13.7 Å². The molecule has 0 aliphatic heterocycles. The minimum absolute atomic E-state index is 0.429. The molecule has 0 aromatic heterocycles. The van der Waals surface area contributed by atoms with Gasteiger partial charge in [-0.1, -0.05) is 37.3 Å². The molecule has 0 aliphatic rings. The summed E-state index contributed by atoms with van der Waals surface area (Å²) in [5, 5.41) is 0. The molecular weight excluding hydrogens is 360 g/mol. The Balaban J connectivity index is 3.45. The van der Waals surface area contributed by atoms with Crippen LogP contribution in [0.1, 0.15) is 80.5 Å². The molecule has 0 spiro atoms. The maximum atomic E-state index is 13.2.